The summed E-state index contributed by atoms with van der Waals surface area (Å²) in [4.78, 5) is 15.7. The maximum atomic E-state index is 10.8. The van der Waals surface area contributed by atoms with Crippen molar-refractivity contribution in [2.75, 3.05) is 26.2 Å². The molecule has 2 aliphatic rings. The van der Waals surface area contributed by atoms with Crippen molar-refractivity contribution in [1.82, 2.24) is 9.80 Å². The average molecular weight is 238 g/mol. The number of hydrogen-bond donors (Lipinski definition) is 1. The summed E-state index contributed by atoms with van der Waals surface area (Å²) in [6.45, 7) is 9.58. The highest BCUT2D eigenvalue weighted by molar-refractivity contribution is 5.86. The minimum atomic E-state index is -0.872. The molecule has 0 aliphatic carbocycles. The summed E-state index contributed by atoms with van der Waals surface area (Å²) in [7, 11) is 0. The molecule has 2 rings (SSSR count). The van der Waals surface area contributed by atoms with Crippen molar-refractivity contribution in [3.63, 3.8) is 0 Å². The molecular formula is C13H22N2O2. The highest BCUT2D eigenvalue weighted by atomic mass is 16.4. The van der Waals surface area contributed by atoms with Crippen LogP contribution in [0.15, 0.2) is 12.2 Å². The van der Waals surface area contributed by atoms with Gasteiger partial charge < -0.3 is 5.11 Å². The Hall–Kier alpha value is -0.870. The van der Waals surface area contributed by atoms with E-state index >= 15 is 0 Å². The summed E-state index contributed by atoms with van der Waals surface area (Å²) in [6, 6.07) is 1.06. The van der Waals surface area contributed by atoms with Crippen LogP contribution in [0, 0.1) is 0 Å². The predicted octanol–water partition coefficient (Wildman–Crippen LogP) is 1.19. The van der Waals surface area contributed by atoms with Crippen molar-refractivity contribution < 1.29 is 9.90 Å². The Morgan fingerprint density at radius 3 is 2.88 bits per heavy atom. The van der Waals surface area contributed by atoms with Crippen LogP contribution in [0.5, 0.6) is 0 Å². The lowest BCUT2D eigenvalue weighted by Crippen LogP contribution is -2.59. The van der Waals surface area contributed by atoms with E-state index in [0.29, 0.717) is 24.2 Å². The largest absolute Gasteiger partial charge is 0.478 e. The molecule has 0 bridgehead atoms. The topological polar surface area (TPSA) is 43.8 Å². The van der Waals surface area contributed by atoms with Gasteiger partial charge in [-0.25, -0.2) is 4.79 Å². The van der Waals surface area contributed by atoms with E-state index in [1.54, 1.807) is 0 Å². The standard InChI is InChI=1S/C13H22N2O2/c1-10(13(16)17)7-15-9-12-5-3-4-6-14(12)8-11(15)2/h11-12H,1,3-9H2,2H3,(H,16,17). The van der Waals surface area contributed by atoms with E-state index in [2.05, 4.69) is 23.3 Å². The van der Waals surface area contributed by atoms with Gasteiger partial charge in [0.05, 0.1) is 0 Å². The van der Waals surface area contributed by atoms with Crippen molar-refractivity contribution in [3.05, 3.63) is 12.2 Å². The fourth-order valence-electron chi connectivity index (χ4n) is 2.95. The smallest absolute Gasteiger partial charge is 0.332 e. The molecule has 0 aromatic rings. The normalized spacial score (nSPS) is 30.9. The molecule has 2 unspecified atom stereocenters. The number of carboxylic acid groups (broad SMARTS) is 1. The van der Waals surface area contributed by atoms with Crippen molar-refractivity contribution >= 4 is 5.97 Å². The van der Waals surface area contributed by atoms with Gasteiger partial charge in [0.1, 0.15) is 0 Å². The maximum Gasteiger partial charge on any atom is 0.332 e. The Morgan fingerprint density at radius 2 is 2.18 bits per heavy atom. The van der Waals surface area contributed by atoms with Crippen LogP contribution in [0.1, 0.15) is 26.2 Å². The van der Waals surface area contributed by atoms with Crippen molar-refractivity contribution in [3.8, 4) is 0 Å². The number of piperidine rings is 1. The lowest BCUT2D eigenvalue weighted by molar-refractivity contribution is -0.133. The zero-order valence-corrected chi connectivity index (χ0v) is 10.6. The van der Waals surface area contributed by atoms with E-state index in [1.165, 1.54) is 25.8 Å². The third-order valence-corrected chi connectivity index (χ3v) is 4.01. The van der Waals surface area contributed by atoms with Gasteiger partial charge in [-0.3, -0.25) is 9.80 Å². The molecule has 0 amide bonds. The molecule has 17 heavy (non-hydrogen) atoms. The third-order valence-electron chi connectivity index (χ3n) is 4.01. The first kappa shape index (κ1) is 12.6. The molecule has 2 saturated heterocycles. The summed E-state index contributed by atoms with van der Waals surface area (Å²) in [5.41, 5.74) is 0.307. The molecule has 2 heterocycles. The molecule has 0 radical (unpaired) electrons. The molecule has 4 heteroatoms. The molecular weight excluding hydrogens is 216 g/mol. The minimum Gasteiger partial charge on any atom is -0.478 e. The van der Waals surface area contributed by atoms with E-state index in [4.69, 9.17) is 5.11 Å². The Morgan fingerprint density at radius 1 is 1.41 bits per heavy atom. The molecule has 0 aromatic heterocycles. The number of aliphatic carboxylic acids is 1. The van der Waals surface area contributed by atoms with Crippen molar-refractivity contribution in [2.24, 2.45) is 0 Å². The zero-order valence-electron chi connectivity index (χ0n) is 10.6. The molecule has 2 fully saturated rings. The summed E-state index contributed by atoms with van der Waals surface area (Å²) in [5, 5.41) is 8.89. The van der Waals surface area contributed by atoms with Gasteiger partial charge >= 0.3 is 5.97 Å². The SMILES string of the molecule is C=C(CN1CC2CCCCN2CC1C)C(=O)O. The Kier molecular flexibility index (Phi) is 3.84. The first-order valence-electron chi connectivity index (χ1n) is 6.47. The van der Waals surface area contributed by atoms with Crippen LogP contribution in [0.4, 0.5) is 0 Å². The van der Waals surface area contributed by atoms with Crippen LogP contribution in [0.2, 0.25) is 0 Å². The number of hydrogen-bond acceptors (Lipinski definition) is 3. The fourth-order valence-corrected chi connectivity index (χ4v) is 2.95. The molecule has 96 valence electrons. The third kappa shape index (κ3) is 2.87. The maximum absolute atomic E-state index is 10.8. The van der Waals surface area contributed by atoms with Crippen molar-refractivity contribution in [1.29, 1.82) is 0 Å². The van der Waals surface area contributed by atoms with Crippen LogP contribution in [0.25, 0.3) is 0 Å². The van der Waals surface area contributed by atoms with Crippen LogP contribution < -0.4 is 0 Å². The van der Waals surface area contributed by atoms with Crippen molar-refractivity contribution in [2.45, 2.75) is 38.3 Å². The zero-order chi connectivity index (χ0) is 12.4. The van der Waals surface area contributed by atoms with E-state index in [0.717, 1.165) is 13.1 Å². The van der Waals surface area contributed by atoms with Gasteiger partial charge in [-0.1, -0.05) is 13.0 Å². The number of rotatable bonds is 3. The second-order valence-corrected chi connectivity index (χ2v) is 5.33. The summed E-state index contributed by atoms with van der Waals surface area (Å²) >= 11 is 0. The fraction of sp³-hybridized carbons (Fsp3) is 0.769. The Bertz CT molecular complexity index is 317. The van der Waals surface area contributed by atoms with Gasteiger partial charge in [0.25, 0.3) is 0 Å². The van der Waals surface area contributed by atoms with Gasteiger partial charge in [0.2, 0.25) is 0 Å². The predicted molar refractivity (Wildman–Crippen MR) is 67.0 cm³/mol. The van der Waals surface area contributed by atoms with Gasteiger partial charge in [-0.2, -0.15) is 0 Å². The number of carbonyl (C=O) groups is 1. The summed E-state index contributed by atoms with van der Waals surface area (Å²) in [6.07, 6.45) is 3.87. The van der Waals surface area contributed by atoms with Crippen LogP contribution in [0.3, 0.4) is 0 Å². The molecule has 0 spiro atoms. The quantitative estimate of drug-likeness (QED) is 0.750. The molecule has 4 nitrogen and oxygen atoms in total. The molecule has 2 atom stereocenters. The Balaban J connectivity index is 1.94. The van der Waals surface area contributed by atoms with E-state index in [-0.39, 0.29) is 0 Å². The first-order chi connectivity index (χ1) is 8.08. The monoisotopic (exact) mass is 238 g/mol. The molecule has 2 aliphatic heterocycles. The van der Waals surface area contributed by atoms with Crippen LogP contribution >= 0.6 is 0 Å². The van der Waals surface area contributed by atoms with Gasteiger partial charge in [-0.05, 0) is 26.3 Å². The van der Waals surface area contributed by atoms with E-state index < -0.39 is 5.97 Å². The van der Waals surface area contributed by atoms with E-state index in [1.807, 2.05) is 0 Å². The molecule has 0 aromatic carbocycles. The lowest BCUT2D eigenvalue weighted by Gasteiger charge is -2.47. The highest BCUT2D eigenvalue weighted by Crippen LogP contribution is 2.24. The molecule has 0 saturated carbocycles. The second-order valence-electron chi connectivity index (χ2n) is 5.33. The number of piperazine rings is 1. The second kappa shape index (κ2) is 5.19. The van der Waals surface area contributed by atoms with Crippen LogP contribution in [-0.2, 0) is 4.79 Å². The van der Waals surface area contributed by atoms with Gasteiger partial charge in [0.15, 0.2) is 0 Å². The van der Waals surface area contributed by atoms with Crippen LogP contribution in [-0.4, -0.2) is 59.1 Å². The minimum absolute atomic E-state index is 0.307. The number of fused-ring (bicyclic) bond motifs is 1. The lowest BCUT2D eigenvalue weighted by atomic mass is 9.97. The number of carboxylic acids is 1. The van der Waals surface area contributed by atoms with Gasteiger partial charge in [-0.15, -0.1) is 0 Å². The average Bonchev–Trinajstić information content (AvgIpc) is 2.29. The summed E-state index contributed by atoms with van der Waals surface area (Å²) < 4.78 is 0. The number of nitrogens with zero attached hydrogens (tertiary/aromatic N) is 2. The highest BCUT2D eigenvalue weighted by Gasteiger charge is 2.33. The first-order valence-corrected chi connectivity index (χ1v) is 6.47. The van der Waals surface area contributed by atoms with E-state index in [9.17, 15) is 4.79 Å². The van der Waals surface area contributed by atoms with Gasteiger partial charge in [0, 0.05) is 37.3 Å². The Labute approximate surface area is 103 Å². The molecule has 1 N–H and O–H groups in total. The summed E-state index contributed by atoms with van der Waals surface area (Å²) in [5.74, 6) is -0.872.